The van der Waals surface area contributed by atoms with Gasteiger partial charge < -0.3 is 25.5 Å². The van der Waals surface area contributed by atoms with Crippen LogP contribution in [0, 0.1) is 0 Å². The molecule has 0 unspecified atom stereocenters. The molecule has 1 heterocycles. The fourth-order valence-corrected chi connectivity index (χ4v) is 1.28. The van der Waals surface area contributed by atoms with Crippen molar-refractivity contribution in [2.45, 2.75) is 5.54 Å². The number of amides is 1. The van der Waals surface area contributed by atoms with Gasteiger partial charge in [0.1, 0.15) is 11.4 Å². The van der Waals surface area contributed by atoms with Crippen molar-refractivity contribution < 1.29 is 20.1 Å². The van der Waals surface area contributed by atoms with Crippen molar-refractivity contribution >= 4 is 11.7 Å². The number of aliphatic hydroxyl groups excluding tert-OH is 3. The maximum Gasteiger partial charge on any atom is 0.273 e. The monoisotopic (exact) mass is 270 g/mol. The zero-order chi connectivity index (χ0) is 14.5. The second-order valence-corrected chi connectivity index (χ2v) is 4.38. The van der Waals surface area contributed by atoms with E-state index in [1.54, 1.807) is 14.1 Å². The van der Waals surface area contributed by atoms with Crippen molar-refractivity contribution in [2.75, 3.05) is 39.2 Å². The van der Waals surface area contributed by atoms with Crippen LogP contribution in [0.5, 0.6) is 0 Å². The van der Waals surface area contributed by atoms with E-state index >= 15 is 0 Å². The van der Waals surface area contributed by atoms with Gasteiger partial charge in [-0.2, -0.15) is 0 Å². The van der Waals surface area contributed by atoms with E-state index in [1.165, 1.54) is 17.0 Å². The first-order valence-corrected chi connectivity index (χ1v) is 5.64. The van der Waals surface area contributed by atoms with Gasteiger partial charge in [0, 0.05) is 14.1 Å². The lowest BCUT2D eigenvalue weighted by molar-refractivity contribution is 0.0813. The van der Waals surface area contributed by atoms with Gasteiger partial charge in [0.2, 0.25) is 0 Å². The Kier molecular flexibility index (Phi) is 5.16. The third kappa shape index (κ3) is 3.60. The molecule has 1 aromatic rings. The smallest absolute Gasteiger partial charge is 0.273 e. The van der Waals surface area contributed by atoms with E-state index in [0.717, 1.165) is 0 Å². The second-order valence-electron chi connectivity index (χ2n) is 4.38. The fraction of sp³-hybridized carbons (Fsp3) is 0.545. The molecule has 0 aliphatic rings. The summed E-state index contributed by atoms with van der Waals surface area (Å²) in [6.45, 7) is -1.42. The first-order valence-electron chi connectivity index (χ1n) is 5.64. The molecule has 1 aromatic heterocycles. The van der Waals surface area contributed by atoms with Crippen LogP contribution >= 0.6 is 0 Å². The number of aliphatic hydroxyl groups is 3. The van der Waals surface area contributed by atoms with Gasteiger partial charge in [0.25, 0.3) is 5.91 Å². The fourth-order valence-electron chi connectivity index (χ4n) is 1.28. The zero-order valence-corrected chi connectivity index (χ0v) is 10.9. The van der Waals surface area contributed by atoms with Gasteiger partial charge in [-0.3, -0.25) is 4.79 Å². The van der Waals surface area contributed by atoms with Crippen LogP contribution in [0.1, 0.15) is 10.5 Å². The summed E-state index contributed by atoms with van der Waals surface area (Å²) >= 11 is 0. The molecule has 0 aromatic carbocycles. The summed E-state index contributed by atoms with van der Waals surface area (Å²) < 4.78 is 0. The van der Waals surface area contributed by atoms with Gasteiger partial charge in [-0.05, 0) is 12.1 Å². The quantitative estimate of drug-likeness (QED) is 0.487. The van der Waals surface area contributed by atoms with Crippen LogP contribution in [-0.4, -0.2) is 75.8 Å². The summed E-state index contributed by atoms with van der Waals surface area (Å²) in [5.74, 6) is -0.0377. The van der Waals surface area contributed by atoms with E-state index in [-0.39, 0.29) is 17.4 Å². The number of anilines is 1. The molecule has 4 N–H and O–H groups in total. The van der Waals surface area contributed by atoms with Crippen LogP contribution in [0.4, 0.5) is 5.82 Å². The van der Waals surface area contributed by atoms with Crippen LogP contribution < -0.4 is 5.32 Å². The number of nitrogens with zero attached hydrogens (tertiary/aromatic N) is 3. The van der Waals surface area contributed by atoms with Gasteiger partial charge in [-0.1, -0.05) is 0 Å². The molecule has 0 saturated heterocycles. The van der Waals surface area contributed by atoms with Crippen LogP contribution in [-0.2, 0) is 0 Å². The van der Waals surface area contributed by atoms with E-state index < -0.39 is 25.4 Å². The summed E-state index contributed by atoms with van der Waals surface area (Å²) in [6.07, 6.45) is 0. The molecular weight excluding hydrogens is 252 g/mol. The Morgan fingerprint density at radius 1 is 1.21 bits per heavy atom. The highest BCUT2D eigenvalue weighted by atomic mass is 16.3. The molecule has 0 spiro atoms. The Morgan fingerprint density at radius 2 is 1.79 bits per heavy atom. The minimum atomic E-state index is -1.28. The molecule has 0 aliphatic carbocycles. The van der Waals surface area contributed by atoms with Gasteiger partial charge >= 0.3 is 0 Å². The van der Waals surface area contributed by atoms with Crippen LogP contribution in [0.3, 0.4) is 0 Å². The minimum absolute atomic E-state index is 0.179. The lowest BCUT2D eigenvalue weighted by atomic mass is 10.0. The maximum absolute atomic E-state index is 11.6. The number of carbonyl (C=O) groups is 1. The summed E-state index contributed by atoms with van der Waals surface area (Å²) in [5, 5.41) is 37.7. The summed E-state index contributed by atoms with van der Waals surface area (Å²) in [5.41, 5.74) is -1.10. The van der Waals surface area contributed by atoms with Gasteiger partial charge in [0.15, 0.2) is 5.69 Å². The maximum atomic E-state index is 11.6. The SMILES string of the molecule is CN(C)C(=O)c1ccc(NC(CO)(CO)CO)nn1. The molecule has 19 heavy (non-hydrogen) atoms. The van der Waals surface area contributed by atoms with Crippen molar-refractivity contribution in [3.63, 3.8) is 0 Å². The summed E-state index contributed by atoms with van der Waals surface area (Å²) in [6, 6.07) is 2.95. The van der Waals surface area contributed by atoms with E-state index in [9.17, 15) is 4.79 Å². The topological polar surface area (TPSA) is 119 Å². The third-order valence-corrected chi connectivity index (χ3v) is 2.59. The molecule has 1 rings (SSSR count). The minimum Gasteiger partial charge on any atom is -0.394 e. The number of hydrogen-bond donors (Lipinski definition) is 4. The average Bonchev–Trinajstić information content (AvgIpc) is 2.45. The Bertz CT molecular complexity index is 409. The number of aromatic nitrogens is 2. The number of hydrogen-bond acceptors (Lipinski definition) is 7. The average molecular weight is 270 g/mol. The van der Waals surface area contributed by atoms with Crippen LogP contribution in [0.15, 0.2) is 12.1 Å². The van der Waals surface area contributed by atoms with Crippen LogP contribution in [0.25, 0.3) is 0 Å². The molecule has 0 atom stereocenters. The normalized spacial score (nSPS) is 11.2. The zero-order valence-electron chi connectivity index (χ0n) is 10.9. The highest BCUT2D eigenvalue weighted by Crippen LogP contribution is 2.12. The van der Waals surface area contributed by atoms with E-state index in [1.807, 2.05) is 0 Å². The second kappa shape index (κ2) is 6.41. The number of rotatable bonds is 6. The van der Waals surface area contributed by atoms with E-state index in [0.29, 0.717) is 0 Å². The molecule has 0 saturated carbocycles. The van der Waals surface area contributed by atoms with Gasteiger partial charge in [-0.25, -0.2) is 0 Å². The molecule has 0 fully saturated rings. The van der Waals surface area contributed by atoms with Crippen molar-refractivity contribution in [2.24, 2.45) is 0 Å². The Morgan fingerprint density at radius 3 is 2.16 bits per heavy atom. The molecular formula is C11H18N4O4. The molecule has 8 heteroatoms. The predicted octanol–water partition coefficient (Wildman–Crippen LogP) is -1.69. The molecule has 0 bridgehead atoms. The first kappa shape index (κ1) is 15.3. The van der Waals surface area contributed by atoms with Crippen molar-refractivity contribution in [1.29, 1.82) is 0 Å². The molecule has 8 nitrogen and oxygen atoms in total. The van der Waals surface area contributed by atoms with Crippen molar-refractivity contribution in [3.8, 4) is 0 Å². The van der Waals surface area contributed by atoms with Crippen molar-refractivity contribution in [3.05, 3.63) is 17.8 Å². The highest BCUT2D eigenvalue weighted by molar-refractivity contribution is 5.91. The standard InChI is InChI=1S/C11H18N4O4/c1-15(2)10(19)8-3-4-9(14-13-8)12-11(5-16,6-17)7-18/h3-4,16-18H,5-7H2,1-2H3,(H,12,14). The van der Waals surface area contributed by atoms with Gasteiger partial charge in [-0.15, -0.1) is 10.2 Å². The highest BCUT2D eigenvalue weighted by Gasteiger charge is 2.28. The Hall–Kier alpha value is -1.77. The van der Waals surface area contributed by atoms with E-state index in [4.69, 9.17) is 15.3 Å². The van der Waals surface area contributed by atoms with Gasteiger partial charge in [0.05, 0.1) is 19.8 Å². The summed E-state index contributed by atoms with van der Waals surface area (Å²) in [4.78, 5) is 13.0. The largest absolute Gasteiger partial charge is 0.394 e. The lowest BCUT2D eigenvalue weighted by Gasteiger charge is -2.28. The third-order valence-electron chi connectivity index (χ3n) is 2.59. The molecule has 0 radical (unpaired) electrons. The van der Waals surface area contributed by atoms with E-state index in [2.05, 4.69) is 15.5 Å². The number of carbonyl (C=O) groups excluding carboxylic acids is 1. The molecule has 1 amide bonds. The van der Waals surface area contributed by atoms with Crippen molar-refractivity contribution in [1.82, 2.24) is 15.1 Å². The first-order chi connectivity index (χ1) is 8.98. The molecule has 0 aliphatic heterocycles. The predicted molar refractivity (Wildman–Crippen MR) is 67.7 cm³/mol. The Labute approximate surface area is 110 Å². The van der Waals surface area contributed by atoms with Crippen LogP contribution in [0.2, 0.25) is 0 Å². The number of nitrogens with one attached hydrogen (secondary N) is 1. The summed E-state index contributed by atoms with van der Waals surface area (Å²) in [7, 11) is 3.20. The Balaban J connectivity index is 2.85. The molecule has 106 valence electrons. The lowest BCUT2D eigenvalue weighted by Crippen LogP contribution is -2.49.